The van der Waals surface area contributed by atoms with Crippen molar-refractivity contribution in [2.24, 2.45) is 0 Å². The highest BCUT2D eigenvalue weighted by molar-refractivity contribution is 5.29. The molecular formula is C13H16F3NO2. The lowest BCUT2D eigenvalue weighted by molar-refractivity contribution is -0.274. The molecule has 0 bridgehead atoms. The molecule has 0 saturated carbocycles. The van der Waals surface area contributed by atoms with E-state index in [4.69, 9.17) is 4.74 Å². The molecule has 0 amide bonds. The molecule has 0 spiro atoms. The Hall–Kier alpha value is -1.27. The Kier molecular flexibility index (Phi) is 4.31. The van der Waals surface area contributed by atoms with Crippen LogP contribution in [0.25, 0.3) is 0 Å². The van der Waals surface area contributed by atoms with Gasteiger partial charge in [-0.25, -0.2) is 0 Å². The number of hydrogen-bond donors (Lipinski definition) is 1. The predicted molar refractivity (Wildman–Crippen MR) is 63.9 cm³/mol. The summed E-state index contributed by atoms with van der Waals surface area (Å²) >= 11 is 0. The van der Waals surface area contributed by atoms with Crippen LogP contribution in [0.2, 0.25) is 0 Å². The minimum absolute atomic E-state index is 0.126. The van der Waals surface area contributed by atoms with E-state index < -0.39 is 6.36 Å². The molecule has 0 radical (unpaired) electrons. The van der Waals surface area contributed by atoms with Gasteiger partial charge in [0, 0.05) is 13.1 Å². The molecule has 1 fully saturated rings. The van der Waals surface area contributed by atoms with Crippen molar-refractivity contribution in [2.45, 2.75) is 31.9 Å². The summed E-state index contributed by atoms with van der Waals surface area (Å²) < 4.78 is 45.8. The molecule has 0 aromatic heterocycles. The first-order valence-electron chi connectivity index (χ1n) is 6.20. The van der Waals surface area contributed by atoms with Crippen molar-refractivity contribution in [3.8, 4) is 5.75 Å². The minimum Gasteiger partial charge on any atom is -0.406 e. The monoisotopic (exact) mass is 275 g/mol. The SMILES string of the molecule is CCC1CNCC(c2ccc(OC(F)(F)F)cc2)O1. The molecule has 1 heterocycles. The molecule has 2 rings (SSSR count). The number of morpholine rings is 1. The van der Waals surface area contributed by atoms with Gasteiger partial charge < -0.3 is 14.8 Å². The summed E-state index contributed by atoms with van der Waals surface area (Å²) in [5.74, 6) is -0.216. The van der Waals surface area contributed by atoms with Gasteiger partial charge in [-0.15, -0.1) is 13.2 Å². The van der Waals surface area contributed by atoms with E-state index in [1.54, 1.807) is 12.1 Å². The van der Waals surface area contributed by atoms with E-state index in [2.05, 4.69) is 10.1 Å². The molecule has 1 aliphatic rings. The van der Waals surface area contributed by atoms with Gasteiger partial charge in [0.2, 0.25) is 0 Å². The molecule has 2 atom stereocenters. The lowest BCUT2D eigenvalue weighted by Gasteiger charge is -2.30. The summed E-state index contributed by atoms with van der Waals surface area (Å²) in [6.07, 6.45) is -3.74. The van der Waals surface area contributed by atoms with Gasteiger partial charge in [-0.3, -0.25) is 0 Å². The van der Waals surface area contributed by atoms with Gasteiger partial charge in [-0.1, -0.05) is 19.1 Å². The largest absolute Gasteiger partial charge is 0.573 e. The van der Waals surface area contributed by atoms with Gasteiger partial charge >= 0.3 is 6.36 Å². The van der Waals surface area contributed by atoms with E-state index in [1.165, 1.54) is 12.1 Å². The quantitative estimate of drug-likeness (QED) is 0.919. The first-order chi connectivity index (χ1) is 8.98. The Balaban J connectivity index is 2.01. The van der Waals surface area contributed by atoms with Crippen molar-refractivity contribution in [3.63, 3.8) is 0 Å². The van der Waals surface area contributed by atoms with Crippen LogP contribution in [-0.2, 0) is 4.74 Å². The standard InChI is InChI=1S/C13H16F3NO2/c1-2-10-7-17-8-12(18-10)9-3-5-11(6-4-9)19-13(14,15)16/h3-6,10,12,17H,2,7-8H2,1H3. The fourth-order valence-electron chi connectivity index (χ4n) is 2.03. The minimum atomic E-state index is -4.66. The Bertz CT molecular complexity index is 405. The van der Waals surface area contributed by atoms with Crippen molar-refractivity contribution in [1.29, 1.82) is 0 Å². The zero-order valence-electron chi connectivity index (χ0n) is 10.5. The lowest BCUT2D eigenvalue weighted by Crippen LogP contribution is -2.40. The summed E-state index contributed by atoms with van der Waals surface area (Å²) in [6, 6.07) is 5.82. The van der Waals surface area contributed by atoms with Crippen LogP contribution >= 0.6 is 0 Å². The van der Waals surface area contributed by atoms with Crippen LogP contribution in [0.1, 0.15) is 25.0 Å². The third-order valence-electron chi connectivity index (χ3n) is 3.00. The molecule has 1 aliphatic heterocycles. The summed E-state index contributed by atoms with van der Waals surface area (Å²) in [7, 11) is 0. The molecule has 1 aromatic rings. The molecule has 2 unspecified atom stereocenters. The topological polar surface area (TPSA) is 30.5 Å². The van der Waals surface area contributed by atoms with Crippen molar-refractivity contribution < 1.29 is 22.6 Å². The fourth-order valence-corrected chi connectivity index (χ4v) is 2.03. The normalized spacial score (nSPS) is 24.2. The fraction of sp³-hybridized carbons (Fsp3) is 0.538. The second-order valence-electron chi connectivity index (χ2n) is 4.43. The molecule has 6 heteroatoms. The van der Waals surface area contributed by atoms with Crippen LogP contribution in [0.3, 0.4) is 0 Å². The van der Waals surface area contributed by atoms with Crippen molar-refractivity contribution in [2.75, 3.05) is 13.1 Å². The zero-order chi connectivity index (χ0) is 13.9. The van der Waals surface area contributed by atoms with Crippen LogP contribution in [0, 0.1) is 0 Å². The van der Waals surface area contributed by atoms with Gasteiger partial charge in [0.05, 0.1) is 12.2 Å². The van der Waals surface area contributed by atoms with Crippen molar-refractivity contribution >= 4 is 0 Å². The zero-order valence-corrected chi connectivity index (χ0v) is 10.5. The van der Waals surface area contributed by atoms with E-state index in [0.29, 0.717) is 6.54 Å². The average Bonchev–Trinajstić information content (AvgIpc) is 2.38. The first kappa shape index (κ1) is 14.1. The molecule has 3 nitrogen and oxygen atoms in total. The predicted octanol–water partition coefficient (Wildman–Crippen LogP) is 3.02. The maximum absolute atomic E-state index is 12.0. The molecular weight excluding hydrogens is 259 g/mol. The number of ether oxygens (including phenoxy) is 2. The van der Waals surface area contributed by atoms with E-state index in [9.17, 15) is 13.2 Å². The maximum atomic E-state index is 12.0. The molecule has 106 valence electrons. The molecule has 1 aromatic carbocycles. The maximum Gasteiger partial charge on any atom is 0.573 e. The van der Waals surface area contributed by atoms with Crippen LogP contribution in [0.5, 0.6) is 5.75 Å². The second-order valence-corrected chi connectivity index (χ2v) is 4.43. The first-order valence-corrected chi connectivity index (χ1v) is 6.20. The Morgan fingerprint density at radius 3 is 2.53 bits per heavy atom. The number of benzene rings is 1. The smallest absolute Gasteiger partial charge is 0.406 e. The van der Waals surface area contributed by atoms with Crippen LogP contribution < -0.4 is 10.1 Å². The van der Waals surface area contributed by atoms with Crippen LogP contribution in [-0.4, -0.2) is 25.6 Å². The summed E-state index contributed by atoms with van der Waals surface area (Å²) in [4.78, 5) is 0. The summed E-state index contributed by atoms with van der Waals surface area (Å²) in [6.45, 7) is 3.51. The lowest BCUT2D eigenvalue weighted by atomic mass is 10.1. The highest BCUT2D eigenvalue weighted by Crippen LogP contribution is 2.27. The van der Waals surface area contributed by atoms with E-state index >= 15 is 0 Å². The second kappa shape index (κ2) is 5.79. The molecule has 19 heavy (non-hydrogen) atoms. The van der Waals surface area contributed by atoms with Gasteiger partial charge in [0.1, 0.15) is 5.75 Å². The number of halogens is 3. The summed E-state index contributed by atoms with van der Waals surface area (Å²) in [5.41, 5.74) is 0.847. The Labute approximate surface area is 109 Å². The van der Waals surface area contributed by atoms with E-state index in [-0.39, 0.29) is 18.0 Å². The molecule has 1 N–H and O–H groups in total. The number of rotatable bonds is 3. The van der Waals surface area contributed by atoms with Crippen molar-refractivity contribution in [1.82, 2.24) is 5.32 Å². The number of nitrogens with one attached hydrogen (secondary N) is 1. The number of alkyl halides is 3. The van der Waals surface area contributed by atoms with Crippen molar-refractivity contribution in [3.05, 3.63) is 29.8 Å². The highest BCUT2D eigenvalue weighted by Gasteiger charge is 2.31. The van der Waals surface area contributed by atoms with E-state index in [0.717, 1.165) is 18.5 Å². The van der Waals surface area contributed by atoms with E-state index in [1.807, 2.05) is 6.92 Å². The van der Waals surface area contributed by atoms with Gasteiger partial charge in [0.15, 0.2) is 0 Å². The van der Waals surface area contributed by atoms with Crippen LogP contribution in [0.4, 0.5) is 13.2 Å². The van der Waals surface area contributed by atoms with Crippen LogP contribution in [0.15, 0.2) is 24.3 Å². The third-order valence-corrected chi connectivity index (χ3v) is 3.00. The van der Waals surface area contributed by atoms with Gasteiger partial charge in [0.25, 0.3) is 0 Å². The Morgan fingerprint density at radius 2 is 1.95 bits per heavy atom. The average molecular weight is 275 g/mol. The molecule has 1 saturated heterocycles. The molecule has 0 aliphatic carbocycles. The summed E-state index contributed by atoms with van der Waals surface area (Å²) in [5, 5.41) is 3.25. The Morgan fingerprint density at radius 1 is 1.26 bits per heavy atom. The van der Waals surface area contributed by atoms with Gasteiger partial charge in [-0.05, 0) is 24.1 Å². The highest BCUT2D eigenvalue weighted by atomic mass is 19.4. The third kappa shape index (κ3) is 4.11. The number of hydrogen-bond acceptors (Lipinski definition) is 3. The van der Waals surface area contributed by atoms with Gasteiger partial charge in [-0.2, -0.15) is 0 Å².